The molecule has 0 radical (unpaired) electrons. The summed E-state index contributed by atoms with van der Waals surface area (Å²) in [6.07, 6.45) is 1.81. The Morgan fingerprint density at radius 3 is 2.86 bits per heavy atom. The van der Waals surface area contributed by atoms with Crippen molar-refractivity contribution >= 4 is 51.1 Å². The fraction of sp³-hybridized carbons (Fsp3) is 0.429. The number of nitrogens with two attached hydrogens (primary N) is 1. The summed E-state index contributed by atoms with van der Waals surface area (Å²) in [6, 6.07) is 3.20. The number of fused-ring (bicyclic) bond motifs is 1. The van der Waals surface area contributed by atoms with Gasteiger partial charge in [-0.1, -0.05) is 0 Å². The second-order valence-corrected chi connectivity index (χ2v) is 6.73. The molecule has 21 heavy (non-hydrogen) atoms. The number of imidazole rings is 1. The highest BCUT2D eigenvalue weighted by Gasteiger charge is 2.16. The van der Waals surface area contributed by atoms with E-state index in [1.807, 2.05) is 34.1 Å². The van der Waals surface area contributed by atoms with Gasteiger partial charge in [-0.3, -0.25) is 4.79 Å². The number of alkyl halides is 1. The average Bonchev–Trinajstić information content (AvgIpc) is 2.73. The molecule has 0 aliphatic rings. The molecule has 0 fully saturated rings. The Hall–Kier alpha value is -0.890. The molecule has 7 heteroatoms. The summed E-state index contributed by atoms with van der Waals surface area (Å²) in [5.74, 6) is 0.138. The minimum Gasteiger partial charge on any atom is -0.370 e. The summed E-state index contributed by atoms with van der Waals surface area (Å²) < 4.78 is 16.2. The van der Waals surface area contributed by atoms with Crippen LogP contribution in [0.5, 0.6) is 0 Å². The third-order valence-electron chi connectivity index (χ3n) is 3.23. The normalized spacial score (nSPS) is 12.8. The first kappa shape index (κ1) is 16.5. The van der Waals surface area contributed by atoms with Crippen LogP contribution in [-0.2, 0) is 11.3 Å². The summed E-state index contributed by atoms with van der Waals surface area (Å²) >= 11 is 8.11. The predicted molar refractivity (Wildman–Crippen MR) is 89.7 cm³/mol. The molecule has 1 atom stereocenters. The molecule has 0 saturated heterocycles. The minimum absolute atomic E-state index is 0.268. The zero-order valence-electron chi connectivity index (χ0n) is 11.6. The third kappa shape index (κ3) is 3.85. The molecule has 1 heterocycles. The molecule has 1 aromatic carbocycles. The summed E-state index contributed by atoms with van der Waals surface area (Å²) in [7, 11) is 0. The van der Waals surface area contributed by atoms with Crippen molar-refractivity contribution in [2.75, 3.05) is 0 Å². The molecule has 0 saturated carbocycles. The van der Waals surface area contributed by atoms with E-state index in [1.54, 1.807) is 6.07 Å². The number of hydrogen-bond acceptors (Lipinski definition) is 2. The van der Waals surface area contributed by atoms with Gasteiger partial charge < -0.3 is 10.3 Å². The van der Waals surface area contributed by atoms with E-state index >= 15 is 0 Å². The third-order valence-corrected chi connectivity index (χ3v) is 4.25. The van der Waals surface area contributed by atoms with Crippen LogP contribution < -0.4 is 5.73 Å². The first-order valence-corrected chi connectivity index (χ1v) is 8.19. The summed E-state index contributed by atoms with van der Waals surface area (Å²) in [4.78, 5) is 15.3. The van der Waals surface area contributed by atoms with E-state index in [4.69, 9.17) is 17.3 Å². The Labute approximate surface area is 141 Å². The van der Waals surface area contributed by atoms with E-state index in [2.05, 4.69) is 4.98 Å². The molecular weight excluding hydrogens is 408 g/mol. The van der Waals surface area contributed by atoms with Crippen LogP contribution in [0, 0.1) is 9.39 Å². The molecule has 2 N–H and O–H groups in total. The van der Waals surface area contributed by atoms with Gasteiger partial charge >= 0.3 is 0 Å². The topological polar surface area (TPSA) is 60.9 Å². The van der Waals surface area contributed by atoms with E-state index in [0.717, 1.165) is 17.5 Å². The molecule has 1 aromatic heterocycles. The van der Waals surface area contributed by atoms with Crippen molar-refractivity contribution < 1.29 is 9.18 Å². The Bertz CT molecular complexity index is 672. The zero-order chi connectivity index (χ0) is 15.6. The van der Waals surface area contributed by atoms with E-state index in [1.165, 1.54) is 6.07 Å². The number of primary amides is 1. The lowest BCUT2D eigenvalue weighted by Gasteiger charge is -2.10. The monoisotopic (exact) mass is 423 g/mol. The molecule has 114 valence electrons. The maximum absolute atomic E-state index is 13.8. The first-order chi connectivity index (χ1) is 9.90. The Morgan fingerprint density at radius 1 is 1.52 bits per heavy atom. The number of carbonyl (C=O) groups is 1. The largest absolute Gasteiger partial charge is 0.370 e. The van der Waals surface area contributed by atoms with Gasteiger partial charge in [0.1, 0.15) is 11.6 Å². The number of rotatable bonds is 6. The molecule has 0 spiro atoms. The number of benzene rings is 1. The number of nitrogens with zero attached hydrogens (tertiary/aromatic N) is 2. The van der Waals surface area contributed by atoms with Crippen LogP contribution in [0.2, 0.25) is 0 Å². The van der Waals surface area contributed by atoms with Crippen molar-refractivity contribution in [1.82, 2.24) is 9.55 Å². The first-order valence-electron chi connectivity index (χ1n) is 6.67. The second-order valence-electron chi connectivity index (χ2n) is 4.92. The van der Waals surface area contributed by atoms with Gasteiger partial charge in [0.15, 0.2) is 0 Å². The smallest absolute Gasteiger partial charge is 0.217 e. The van der Waals surface area contributed by atoms with Gasteiger partial charge in [-0.05, 0) is 48.4 Å². The maximum Gasteiger partial charge on any atom is 0.217 e. The Kier molecular flexibility index (Phi) is 5.43. The minimum atomic E-state index is -0.308. The van der Waals surface area contributed by atoms with Gasteiger partial charge in [-0.15, -0.1) is 11.6 Å². The van der Waals surface area contributed by atoms with Crippen LogP contribution in [-0.4, -0.2) is 15.5 Å². The van der Waals surface area contributed by atoms with Crippen molar-refractivity contribution in [2.45, 2.75) is 38.1 Å². The molecule has 0 aliphatic heterocycles. The molecule has 4 nitrogen and oxygen atoms in total. The van der Waals surface area contributed by atoms with Crippen LogP contribution in [0.1, 0.15) is 37.4 Å². The fourth-order valence-electron chi connectivity index (χ4n) is 2.25. The van der Waals surface area contributed by atoms with E-state index in [-0.39, 0.29) is 17.1 Å². The number of aromatic nitrogens is 2. The van der Waals surface area contributed by atoms with Crippen molar-refractivity contribution in [1.29, 1.82) is 0 Å². The van der Waals surface area contributed by atoms with Crippen molar-refractivity contribution in [3.63, 3.8) is 0 Å². The number of carbonyl (C=O) groups excluding carboxylic acids is 1. The summed E-state index contributed by atoms with van der Waals surface area (Å²) in [6.45, 7) is 2.47. The van der Waals surface area contributed by atoms with E-state index < -0.39 is 0 Å². The number of aryl methyl sites for hydroxylation is 1. The van der Waals surface area contributed by atoms with Gasteiger partial charge in [0.2, 0.25) is 5.91 Å². The predicted octanol–water partition coefficient (Wildman–Crippen LogP) is 3.74. The van der Waals surface area contributed by atoms with Crippen LogP contribution in [0.4, 0.5) is 4.39 Å². The second kappa shape index (κ2) is 6.91. The standard InChI is InChI=1S/C14H16ClFIN3O/c1-8(15)14-19-11-7-10(17)9(16)6-12(11)20(14)5-3-2-4-13(18)21/h6-8H,2-5H2,1H3,(H2,18,21). The SMILES string of the molecule is CC(Cl)c1nc2cc(I)c(F)cc2n1CCCCC(N)=O. The van der Waals surface area contributed by atoms with E-state index in [0.29, 0.717) is 28.8 Å². The number of hydrogen-bond donors (Lipinski definition) is 1. The average molecular weight is 424 g/mol. The molecule has 2 rings (SSSR count). The van der Waals surface area contributed by atoms with Crippen molar-refractivity contribution in [2.24, 2.45) is 5.73 Å². The van der Waals surface area contributed by atoms with Gasteiger partial charge in [0, 0.05) is 19.0 Å². The maximum atomic E-state index is 13.8. The van der Waals surface area contributed by atoms with Crippen molar-refractivity contribution in [3.8, 4) is 0 Å². The lowest BCUT2D eigenvalue weighted by Crippen LogP contribution is -2.11. The van der Waals surface area contributed by atoms with Gasteiger partial charge in [0.05, 0.1) is 20.0 Å². The molecular formula is C14H16ClFIN3O. The van der Waals surface area contributed by atoms with Crippen LogP contribution in [0.3, 0.4) is 0 Å². The zero-order valence-corrected chi connectivity index (χ0v) is 14.5. The number of unbranched alkanes of at least 4 members (excludes halogenated alkanes) is 1. The van der Waals surface area contributed by atoms with Gasteiger partial charge in [-0.25, -0.2) is 9.37 Å². The highest BCUT2D eigenvalue weighted by atomic mass is 127. The van der Waals surface area contributed by atoms with E-state index in [9.17, 15) is 9.18 Å². The molecule has 2 aromatic rings. The van der Waals surface area contributed by atoms with Crippen molar-refractivity contribution in [3.05, 3.63) is 27.3 Å². The lowest BCUT2D eigenvalue weighted by molar-refractivity contribution is -0.118. The van der Waals surface area contributed by atoms with Crippen LogP contribution in [0.25, 0.3) is 11.0 Å². The number of amides is 1. The Morgan fingerprint density at radius 2 is 2.24 bits per heavy atom. The van der Waals surface area contributed by atoms with Gasteiger partial charge in [0.25, 0.3) is 0 Å². The Balaban J connectivity index is 2.32. The summed E-state index contributed by atoms with van der Waals surface area (Å²) in [5, 5.41) is -0.269. The highest BCUT2D eigenvalue weighted by Crippen LogP contribution is 2.27. The molecule has 0 bridgehead atoms. The van der Waals surface area contributed by atoms with Crippen LogP contribution >= 0.6 is 34.2 Å². The molecule has 0 aliphatic carbocycles. The molecule has 1 unspecified atom stereocenters. The van der Waals surface area contributed by atoms with Gasteiger partial charge in [-0.2, -0.15) is 0 Å². The fourth-order valence-corrected chi connectivity index (χ4v) is 2.86. The molecule has 1 amide bonds. The lowest BCUT2D eigenvalue weighted by atomic mass is 10.2. The quantitative estimate of drug-likeness (QED) is 0.437. The highest BCUT2D eigenvalue weighted by molar-refractivity contribution is 14.1. The van der Waals surface area contributed by atoms with Crippen LogP contribution in [0.15, 0.2) is 12.1 Å². The number of halogens is 3. The summed E-state index contributed by atoms with van der Waals surface area (Å²) in [5.41, 5.74) is 6.59.